The number of imide groups is 1. The number of carbonyl (C=O) groups excluding carboxylic acids is 3. The van der Waals surface area contributed by atoms with Gasteiger partial charge in [-0.15, -0.1) is 0 Å². The van der Waals surface area contributed by atoms with Crippen LogP contribution in [0.15, 0.2) is 23.1 Å². The molecule has 10 heteroatoms. The molecule has 0 atom stereocenters. The van der Waals surface area contributed by atoms with Gasteiger partial charge in [-0.05, 0) is 55.9 Å². The SMILES string of the molecule is Cc1ccc(S(=O)(=O)N2CCC(C(=O)OCC(=O)NC(=O)NCC(C)C)CC2)cc1C. The topological polar surface area (TPSA) is 122 Å². The van der Waals surface area contributed by atoms with Gasteiger partial charge in [0.2, 0.25) is 10.0 Å². The van der Waals surface area contributed by atoms with E-state index < -0.39 is 40.5 Å². The van der Waals surface area contributed by atoms with Gasteiger partial charge in [0, 0.05) is 19.6 Å². The van der Waals surface area contributed by atoms with Crippen LogP contribution in [-0.4, -0.2) is 56.9 Å². The first-order chi connectivity index (χ1) is 14.5. The number of benzene rings is 1. The normalized spacial score (nSPS) is 15.5. The molecule has 1 fully saturated rings. The van der Waals surface area contributed by atoms with E-state index in [1.54, 1.807) is 18.2 Å². The van der Waals surface area contributed by atoms with E-state index in [9.17, 15) is 22.8 Å². The first-order valence-corrected chi connectivity index (χ1v) is 11.8. The Kier molecular flexibility index (Phi) is 8.58. The van der Waals surface area contributed by atoms with Crippen molar-refractivity contribution in [2.45, 2.75) is 45.4 Å². The predicted octanol–water partition coefficient (Wildman–Crippen LogP) is 1.73. The Balaban J connectivity index is 1.81. The summed E-state index contributed by atoms with van der Waals surface area (Å²) in [5.74, 6) is -1.54. The molecule has 1 aliphatic heterocycles. The Morgan fingerprint density at radius 2 is 1.77 bits per heavy atom. The van der Waals surface area contributed by atoms with Crippen LogP contribution in [0.4, 0.5) is 4.79 Å². The number of hydrogen-bond acceptors (Lipinski definition) is 6. The quantitative estimate of drug-likeness (QED) is 0.607. The summed E-state index contributed by atoms with van der Waals surface area (Å²) in [6.07, 6.45) is 0.610. The van der Waals surface area contributed by atoms with E-state index in [0.717, 1.165) is 11.1 Å². The van der Waals surface area contributed by atoms with E-state index in [0.29, 0.717) is 19.4 Å². The van der Waals surface area contributed by atoms with Gasteiger partial charge >= 0.3 is 12.0 Å². The molecular formula is C21H31N3O6S. The monoisotopic (exact) mass is 453 g/mol. The summed E-state index contributed by atoms with van der Waals surface area (Å²) >= 11 is 0. The Morgan fingerprint density at radius 1 is 1.13 bits per heavy atom. The molecule has 1 aromatic carbocycles. The number of esters is 1. The van der Waals surface area contributed by atoms with Crippen LogP contribution >= 0.6 is 0 Å². The summed E-state index contributed by atoms with van der Waals surface area (Å²) < 4.78 is 32.1. The highest BCUT2D eigenvalue weighted by Gasteiger charge is 2.33. The van der Waals surface area contributed by atoms with Crippen LogP contribution in [0.1, 0.15) is 37.8 Å². The number of aryl methyl sites for hydroxylation is 2. The van der Waals surface area contributed by atoms with Crippen molar-refractivity contribution in [1.29, 1.82) is 0 Å². The molecule has 1 aliphatic rings. The number of nitrogens with zero attached hydrogens (tertiary/aromatic N) is 1. The Bertz CT molecular complexity index is 921. The largest absolute Gasteiger partial charge is 0.455 e. The van der Waals surface area contributed by atoms with Gasteiger partial charge < -0.3 is 10.1 Å². The van der Waals surface area contributed by atoms with Gasteiger partial charge in [-0.2, -0.15) is 4.31 Å². The molecule has 1 aromatic rings. The lowest BCUT2D eigenvalue weighted by Crippen LogP contribution is -2.43. The second kappa shape index (κ2) is 10.7. The van der Waals surface area contributed by atoms with Crippen molar-refractivity contribution >= 4 is 27.9 Å². The van der Waals surface area contributed by atoms with Crippen molar-refractivity contribution in [2.24, 2.45) is 11.8 Å². The fraction of sp³-hybridized carbons (Fsp3) is 0.571. The van der Waals surface area contributed by atoms with E-state index in [2.05, 4.69) is 10.6 Å². The van der Waals surface area contributed by atoms with Crippen molar-refractivity contribution in [3.8, 4) is 0 Å². The Hall–Kier alpha value is -2.46. The van der Waals surface area contributed by atoms with Crippen LogP contribution < -0.4 is 10.6 Å². The van der Waals surface area contributed by atoms with E-state index in [-0.39, 0.29) is 23.9 Å². The number of amides is 3. The zero-order valence-electron chi connectivity index (χ0n) is 18.4. The van der Waals surface area contributed by atoms with Crippen molar-refractivity contribution in [2.75, 3.05) is 26.2 Å². The molecule has 0 bridgehead atoms. The molecule has 0 aromatic heterocycles. The molecule has 0 aliphatic carbocycles. The highest BCUT2D eigenvalue weighted by molar-refractivity contribution is 7.89. The zero-order valence-corrected chi connectivity index (χ0v) is 19.3. The maximum atomic E-state index is 12.9. The van der Waals surface area contributed by atoms with Gasteiger partial charge in [0.05, 0.1) is 10.8 Å². The summed E-state index contributed by atoms with van der Waals surface area (Å²) in [7, 11) is -3.63. The number of carbonyl (C=O) groups is 3. The third-order valence-electron chi connectivity index (χ3n) is 5.17. The number of piperidine rings is 1. The highest BCUT2D eigenvalue weighted by Crippen LogP contribution is 2.25. The second-order valence-corrected chi connectivity index (χ2v) is 10.1. The number of sulfonamides is 1. The number of hydrogen-bond donors (Lipinski definition) is 2. The molecule has 1 saturated heterocycles. The zero-order chi connectivity index (χ0) is 23.2. The summed E-state index contributed by atoms with van der Waals surface area (Å²) in [5.41, 5.74) is 1.91. The van der Waals surface area contributed by atoms with Gasteiger partial charge in [0.15, 0.2) is 6.61 Å². The molecule has 0 radical (unpaired) electrons. The Morgan fingerprint density at radius 3 is 2.35 bits per heavy atom. The van der Waals surface area contributed by atoms with Crippen molar-refractivity contribution in [1.82, 2.24) is 14.9 Å². The fourth-order valence-corrected chi connectivity index (χ4v) is 4.67. The molecule has 31 heavy (non-hydrogen) atoms. The summed E-state index contributed by atoms with van der Waals surface area (Å²) in [6, 6.07) is 4.38. The summed E-state index contributed by atoms with van der Waals surface area (Å²) in [4.78, 5) is 35.8. The maximum Gasteiger partial charge on any atom is 0.321 e. The van der Waals surface area contributed by atoms with Gasteiger partial charge in [0.25, 0.3) is 5.91 Å². The Labute approximate surface area is 183 Å². The van der Waals surface area contributed by atoms with Crippen LogP contribution in [0.25, 0.3) is 0 Å². The number of nitrogens with one attached hydrogen (secondary N) is 2. The van der Waals surface area contributed by atoms with Crippen LogP contribution in [0, 0.1) is 25.7 Å². The summed E-state index contributed by atoms with van der Waals surface area (Å²) in [6.45, 7) is 7.86. The first kappa shape index (κ1) is 24.8. The van der Waals surface area contributed by atoms with Gasteiger partial charge in [-0.25, -0.2) is 13.2 Å². The van der Waals surface area contributed by atoms with Crippen LogP contribution in [0.3, 0.4) is 0 Å². The molecule has 0 saturated carbocycles. The molecule has 1 heterocycles. The first-order valence-electron chi connectivity index (χ1n) is 10.3. The van der Waals surface area contributed by atoms with Crippen molar-refractivity contribution in [3.05, 3.63) is 29.3 Å². The number of ether oxygens (including phenoxy) is 1. The van der Waals surface area contributed by atoms with E-state index in [1.807, 2.05) is 27.7 Å². The smallest absolute Gasteiger partial charge is 0.321 e. The standard InChI is InChI=1S/C21H31N3O6S/c1-14(2)12-22-21(27)23-19(25)13-30-20(26)17-7-9-24(10-8-17)31(28,29)18-6-5-15(3)16(4)11-18/h5-6,11,14,17H,7-10,12-13H2,1-4H3,(H2,22,23,25,27). The van der Waals surface area contributed by atoms with Crippen LogP contribution in [-0.2, 0) is 24.3 Å². The molecule has 9 nitrogen and oxygen atoms in total. The average molecular weight is 454 g/mol. The van der Waals surface area contributed by atoms with Crippen molar-refractivity contribution in [3.63, 3.8) is 0 Å². The highest BCUT2D eigenvalue weighted by atomic mass is 32.2. The molecule has 172 valence electrons. The third-order valence-corrected chi connectivity index (χ3v) is 7.07. The maximum absolute atomic E-state index is 12.9. The lowest BCUT2D eigenvalue weighted by atomic mass is 9.98. The molecular weight excluding hydrogens is 422 g/mol. The van der Waals surface area contributed by atoms with Crippen molar-refractivity contribution < 1.29 is 27.5 Å². The molecule has 0 unspecified atom stereocenters. The minimum atomic E-state index is -3.63. The second-order valence-electron chi connectivity index (χ2n) is 8.18. The lowest BCUT2D eigenvalue weighted by Gasteiger charge is -2.30. The molecule has 0 spiro atoms. The van der Waals surface area contributed by atoms with Gasteiger partial charge in [-0.1, -0.05) is 19.9 Å². The predicted molar refractivity (Wildman–Crippen MR) is 115 cm³/mol. The molecule has 2 rings (SSSR count). The van der Waals surface area contributed by atoms with Crippen LogP contribution in [0.5, 0.6) is 0 Å². The van der Waals surface area contributed by atoms with E-state index in [1.165, 1.54) is 4.31 Å². The fourth-order valence-electron chi connectivity index (χ4n) is 3.11. The molecule has 3 amide bonds. The average Bonchev–Trinajstić information content (AvgIpc) is 2.72. The lowest BCUT2D eigenvalue weighted by molar-refractivity contribution is -0.153. The number of urea groups is 1. The minimum Gasteiger partial charge on any atom is -0.455 e. The number of rotatable bonds is 7. The third kappa shape index (κ3) is 7.03. The van der Waals surface area contributed by atoms with E-state index in [4.69, 9.17) is 4.74 Å². The molecule has 2 N–H and O–H groups in total. The van der Waals surface area contributed by atoms with E-state index >= 15 is 0 Å². The van der Waals surface area contributed by atoms with Gasteiger partial charge in [-0.3, -0.25) is 14.9 Å². The minimum absolute atomic E-state index is 0.193. The summed E-state index contributed by atoms with van der Waals surface area (Å²) in [5, 5.41) is 4.62. The van der Waals surface area contributed by atoms with Gasteiger partial charge in [0.1, 0.15) is 0 Å². The van der Waals surface area contributed by atoms with Crippen LogP contribution in [0.2, 0.25) is 0 Å².